The van der Waals surface area contributed by atoms with Crippen molar-refractivity contribution < 1.29 is 5.11 Å². The second-order valence-corrected chi connectivity index (χ2v) is 2.52. The minimum atomic E-state index is 0.163. The second kappa shape index (κ2) is 8.33. The van der Waals surface area contributed by atoms with Gasteiger partial charge < -0.3 is 10.0 Å². The van der Waals surface area contributed by atoms with Crippen LogP contribution in [-0.4, -0.2) is 42.8 Å². The van der Waals surface area contributed by atoms with Crippen LogP contribution in [0.4, 0.5) is 0 Å². The molecular weight excluding hydrogens is 156 g/mol. The van der Waals surface area contributed by atoms with Crippen molar-refractivity contribution in [2.45, 2.75) is 13.3 Å². The quantitative estimate of drug-likeness (QED) is 0.353. The van der Waals surface area contributed by atoms with Crippen LogP contribution < -0.4 is 0 Å². The molecule has 0 rings (SSSR count). The van der Waals surface area contributed by atoms with E-state index in [2.05, 4.69) is 21.8 Å². The fraction of sp³-hybridized carbons (Fsp3) is 1.00. The molecule has 0 aromatic heterocycles. The minimum Gasteiger partial charge on any atom is -0.395 e. The molecule has 0 aliphatic carbocycles. The summed E-state index contributed by atoms with van der Waals surface area (Å²) in [4.78, 5) is 4.74. The molecule has 0 radical (unpaired) electrons. The highest BCUT2D eigenvalue weighted by Gasteiger charge is 2.00. The highest BCUT2D eigenvalue weighted by Crippen LogP contribution is 1.90. The van der Waals surface area contributed by atoms with Gasteiger partial charge in [0.05, 0.1) is 6.61 Å². The Hall–Kier alpha value is -0.770. The molecule has 0 aromatic carbocycles. The van der Waals surface area contributed by atoms with E-state index in [0.717, 1.165) is 19.5 Å². The molecule has 0 aliphatic rings. The Morgan fingerprint density at radius 3 is 2.67 bits per heavy atom. The summed E-state index contributed by atoms with van der Waals surface area (Å²) in [6, 6.07) is 0. The topological polar surface area (TPSA) is 72.2 Å². The Labute approximate surface area is 72.6 Å². The van der Waals surface area contributed by atoms with Gasteiger partial charge in [0, 0.05) is 24.5 Å². The highest BCUT2D eigenvalue weighted by molar-refractivity contribution is 4.58. The maximum atomic E-state index is 8.67. The lowest BCUT2D eigenvalue weighted by molar-refractivity contribution is 0.199. The summed E-state index contributed by atoms with van der Waals surface area (Å²) < 4.78 is 0. The highest BCUT2D eigenvalue weighted by atomic mass is 16.3. The van der Waals surface area contributed by atoms with Crippen molar-refractivity contribution in [1.29, 1.82) is 0 Å². The molecule has 70 valence electrons. The van der Waals surface area contributed by atoms with Crippen LogP contribution in [0, 0.1) is 0 Å². The molecule has 5 heteroatoms. The van der Waals surface area contributed by atoms with Crippen LogP contribution in [0.3, 0.4) is 0 Å². The van der Waals surface area contributed by atoms with Crippen molar-refractivity contribution in [3.05, 3.63) is 10.4 Å². The second-order valence-electron chi connectivity index (χ2n) is 2.52. The number of hydrogen-bond acceptors (Lipinski definition) is 3. The molecule has 0 spiro atoms. The largest absolute Gasteiger partial charge is 0.395 e. The first-order valence-corrected chi connectivity index (χ1v) is 4.19. The zero-order valence-corrected chi connectivity index (χ0v) is 7.48. The van der Waals surface area contributed by atoms with Gasteiger partial charge in [0.1, 0.15) is 0 Å². The van der Waals surface area contributed by atoms with E-state index >= 15 is 0 Å². The molecule has 0 bridgehead atoms. The van der Waals surface area contributed by atoms with E-state index in [-0.39, 0.29) is 6.61 Å². The molecule has 0 fully saturated rings. The third-order valence-corrected chi connectivity index (χ3v) is 1.54. The van der Waals surface area contributed by atoms with Crippen molar-refractivity contribution in [2.24, 2.45) is 5.11 Å². The van der Waals surface area contributed by atoms with E-state index in [1.54, 1.807) is 0 Å². The first-order valence-electron chi connectivity index (χ1n) is 4.19. The predicted molar refractivity (Wildman–Crippen MR) is 47.8 cm³/mol. The Kier molecular flexibility index (Phi) is 7.79. The number of rotatable bonds is 7. The third-order valence-electron chi connectivity index (χ3n) is 1.54. The maximum Gasteiger partial charge on any atom is 0.0558 e. The zero-order valence-electron chi connectivity index (χ0n) is 7.48. The van der Waals surface area contributed by atoms with Crippen LogP contribution in [0.15, 0.2) is 5.11 Å². The molecule has 0 unspecified atom stereocenters. The minimum absolute atomic E-state index is 0.163. The Balaban J connectivity index is 3.54. The van der Waals surface area contributed by atoms with Crippen LogP contribution >= 0.6 is 0 Å². The standard InChI is InChI=1S/C7H16N4O/c1-2-4-11(6-7-12)5-3-9-10-8/h12H,2-7H2,1H3. The Morgan fingerprint density at radius 2 is 2.17 bits per heavy atom. The monoisotopic (exact) mass is 172 g/mol. The summed E-state index contributed by atoms with van der Waals surface area (Å²) in [5.74, 6) is 0. The van der Waals surface area contributed by atoms with E-state index < -0.39 is 0 Å². The molecule has 5 nitrogen and oxygen atoms in total. The fourth-order valence-corrected chi connectivity index (χ4v) is 1.02. The summed E-state index contributed by atoms with van der Waals surface area (Å²) in [5, 5.41) is 12.1. The first kappa shape index (κ1) is 11.2. The van der Waals surface area contributed by atoms with E-state index in [1.807, 2.05) is 0 Å². The van der Waals surface area contributed by atoms with E-state index in [0.29, 0.717) is 13.1 Å². The zero-order chi connectivity index (χ0) is 9.23. The fourth-order valence-electron chi connectivity index (χ4n) is 1.02. The molecule has 0 heterocycles. The van der Waals surface area contributed by atoms with E-state index in [9.17, 15) is 0 Å². The van der Waals surface area contributed by atoms with Crippen LogP contribution in [-0.2, 0) is 0 Å². The lowest BCUT2D eigenvalue weighted by Gasteiger charge is -2.18. The van der Waals surface area contributed by atoms with Crippen molar-refractivity contribution in [1.82, 2.24) is 4.90 Å². The average molecular weight is 172 g/mol. The first-order chi connectivity index (χ1) is 5.85. The van der Waals surface area contributed by atoms with Gasteiger partial charge in [0.25, 0.3) is 0 Å². The molecule has 1 N–H and O–H groups in total. The molecule has 0 saturated heterocycles. The number of hydrogen-bond donors (Lipinski definition) is 1. The van der Waals surface area contributed by atoms with Crippen molar-refractivity contribution >= 4 is 0 Å². The number of aliphatic hydroxyl groups excluding tert-OH is 1. The van der Waals surface area contributed by atoms with Crippen molar-refractivity contribution in [3.63, 3.8) is 0 Å². The van der Waals surface area contributed by atoms with Crippen LogP contribution in [0.5, 0.6) is 0 Å². The molecule has 12 heavy (non-hydrogen) atoms. The lowest BCUT2D eigenvalue weighted by atomic mass is 10.4. The summed E-state index contributed by atoms with van der Waals surface area (Å²) in [6.07, 6.45) is 1.05. The number of aliphatic hydroxyl groups is 1. The van der Waals surface area contributed by atoms with Crippen LogP contribution in [0.2, 0.25) is 0 Å². The van der Waals surface area contributed by atoms with Gasteiger partial charge in [0.2, 0.25) is 0 Å². The third kappa shape index (κ3) is 5.97. The molecular formula is C7H16N4O. The maximum absolute atomic E-state index is 8.67. The number of azide groups is 1. The van der Waals surface area contributed by atoms with Gasteiger partial charge in [-0.05, 0) is 18.5 Å². The Bertz CT molecular complexity index is 138. The summed E-state index contributed by atoms with van der Waals surface area (Å²) >= 11 is 0. The number of nitrogens with zero attached hydrogens (tertiary/aromatic N) is 4. The lowest BCUT2D eigenvalue weighted by Crippen LogP contribution is -2.30. The molecule has 0 aliphatic heterocycles. The molecule has 0 amide bonds. The average Bonchev–Trinajstić information content (AvgIpc) is 2.06. The van der Waals surface area contributed by atoms with Crippen LogP contribution in [0.1, 0.15) is 13.3 Å². The van der Waals surface area contributed by atoms with Crippen molar-refractivity contribution in [2.75, 3.05) is 32.8 Å². The van der Waals surface area contributed by atoms with Gasteiger partial charge >= 0.3 is 0 Å². The smallest absolute Gasteiger partial charge is 0.0558 e. The van der Waals surface area contributed by atoms with Gasteiger partial charge in [-0.1, -0.05) is 12.0 Å². The van der Waals surface area contributed by atoms with Gasteiger partial charge in [-0.2, -0.15) is 0 Å². The molecule has 0 aromatic rings. The van der Waals surface area contributed by atoms with Gasteiger partial charge in [-0.3, -0.25) is 0 Å². The summed E-state index contributed by atoms with van der Waals surface area (Å²) in [5.41, 5.74) is 8.03. The summed E-state index contributed by atoms with van der Waals surface area (Å²) in [6.45, 7) is 5.07. The Morgan fingerprint density at radius 1 is 1.42 bits per heavy atom. The van der Waals surface area contributed by atoms with E-state index in [1.165, 1.54) is 0 Å². The summed E-state index contributed by atoms with van der Waals surface area (Å²) in [7, 11) is 0. The predicted octanol–water partition coefficient (Wildman–Crippen LogP) is 1.00. The molecule has 0 atom stereocenters. The van der Waals surface area contributed by atoms with Gasteiger partial charge in [0.15, 0.2) is 0 Å². The van der Waals surface area contributed by atoms with E-state index in [4.69, 9.17) is 10.6 Å². The normalized spacial score (nSPS) is 9.92. The van der Waals surface area contributed by atoms with Gasteiger partial charge in [-0.15, -0.1) is 0 Å². The van der Waals surface area contributed by atoms with Crippen molar-refractivity contribution in [3.8, 4) is 0 Å². The van der Waals surface area contributed by atoms with Gasteiger partial charge in [-0.25, -0.2) is 0 Å². The van der Waals surface area contributed by atoms with Crippen LogP contribution in [0.25, 0.3) is 10.4 Å². The SMILES string of the molecule is CCCN(CCO)CCN=[N+]=[N-]. The molecule has 0 saturated carbocycles.